The summed E-state index contributed by atoms with van der Waals surface area (Å²) in [4.78, 5) is 31.3. The van der Waals surface area contributed by atoms with E-state index in [2.05, 4.69) is 0 Å². The molecule has 192 valence electrons. The summed E-state index contributed by atoms with van der Waals surface area (Å²) in [5.41, 5.74) is 1.06. The average molecular weight is 503 g/mol. The van der Waals surface area contributed by atoms with Crippen LogP contribution in [-0.2, 0) is 27.3 Å². The van der Waals surface area contributed by atoms with Crippen LogP contribution >= 0.6 is 11.3 Å². The molecule has 1 aliphatic rings. The predicted molar refractivity (Wildman–Crippen MR) is 138 cm³/mol. The highest BCUT2D eigenvalue weighted by Gasteiger charge is 2.31. The fourth-order valence-corrected chi connectivity index (χ4v) is 4.85. The van der Waals surface area contributed by atoms with Crippen molar-refractivity contribution in [2.75, 3.05) is 47.1 Å². The molecule has 1 saturated carbocycles. The van der Waals surface area contributed by atoms with E-state index in [1.54, 1.807) is 30.5 Å². The molecule has 35 heavy (non-hydrogen) atoms. The van der Waals surface area contributed by atoms with Gasteiger partial charge in [-0.05, 0) is 61.7 Å². The topological polar surface area (TPSA) is 68.3 Å². The van der Waals surface area contributed by atoms with Crippen LogP contribution in [0.5, 0.6) is 11.5 Å². The highest BCUT2D eigenvalue weighted by molar-refractivity contribution is 7.09. The molecule has 0 atom stereocenters. The van der Waals surface area contributed by atoms with Gasteiger partial charge in [0.05, 0.1) is 27.3 Å². The second kappa shape index (κ2) is 14.1. The molecule has 0 bridgehead atoms. The van der Waals surface area contributed by atoms with Gasteiger partial charge in [-0.1, -0.05) is 18.6 Å². The molecule has 8 heteroatoms. The minimum atomic E-state index is -0.0250. The Morgan fingerprint density at radius 3 is 2.49 bits per heavy atom. The quantitative estimate of drug-likeness (QED) is 0.338. The molecule has 0 N–H and O–H groups in total. The number of thiophene rings is 1. The molecule has 1 aliphatic carbocycles. The summed E-state index contributed by atoms with van der Waals surface area (Å²) in [7, 11) is 3.23. The Kier molecular flexibility index (Phi) is 10.9. The van der Waals surface area contributed by atoms with Gasteiger partial charge in [0.15, 0.2) is 11.5 Å². The Bertz CT molecular complexity index is 930. The van der Waals surface area contributed by atoms with Crippen LogP contribution in [0, 0.1) is 5.92 Å². The van der Waals surface area contributed by atoms with Gasteiger partial charge in [0, 0.05) is 37.1 Å². The van der Waals surface area contributed by atoms with Crippen molar-refractivity contribution in [3.05, 3.63) is 46.2 Å². The fraction of sp³-hybridized carbons (Fsp3) is 0.556. The summed E-state index contributed by atoms with van der Waals surface area (Å²) in [5.74, 6) is 1.50. The number of rotatable bonds is 15. The van der Waals surface area contributed by atoms with Crippen LogP contribution < -0.4 is 9.47 Å². The molecule has 2 aromatic rings. The van der Waals surface area contributed by atoms with Crippen LogP contribution in [0.1, 0.15) is 43.0 Å². The second-order valence-corrected chi connectivity index (χ2v) is 9.80. The Balaban J connectivity index is 1.69. The van der Waals surface area contributed by atoms with E-state index in [-0.39, 0.29) is 24.3 Å². The van der Waals surface area contributed by atoms with Gasteiger partial charge in [0.1, 0.15) is 0 Å². The summed E-state index contributed by atoms with van der Waals surface area (Å²) >= 11 is 1.64. The summed E-state index contributed by atoms with van der Waals surface area (Å²) in [6.07, 6.45) is 4.35. The number of carbonyl (C=O) groups is 2. The number of amides is 2. The van der Waals surface area contributed by atoms with E-state index >= 15 is 0 Å². The lowest BCUT2D eigenvalue weighted by Gasteiger charge is -2.33. The summed E-state index contributed by atoms with van der Waals surface area (Å²) in [5, 5.41) is 2.02. The lowest BCUT2D eigenvalue weighted by Crippen LogP contribution is -2.46. The monoisotopic (exact) mass is 502 g/mol. The van der Waals surface area contributed by atoms with E-state index in [1.165, 1.54) is 0 Å². The smallest absolute Gasteiger partial charge is 0.242 e. The van der Waals surface area contributed by atoms with E-state index < -0.39 is 0 Å². The minimum Gasteiger partial charge on any atom is -0.493 e. The van der Waals surface area contributed by atoms with Crippen LogP contribution in [0.2, 0.25) is 0 Å². The Morgan fingerprint density at radius 1 is 1.06 bits per heavy atom. The largest absolute Gasteiger partial charge is 0.493 e. The standard InChI is InChI=1S/C27H38N2O5S/c1-4-34-16-7-14-29(27(31)22-8-5-9-22)20-26(30)28(19-23-10-6-17-35-23)15-13-21-11-12-24(32-2)25(18-21)33-3/h6,10-12,17-18,22H,4-5,7-9,13-16,19-20H2,1-3H3. The number of ether oxygens (including phenoxy) is 3. The molecule has 0 radical (unpaired) electrons. The van der Waals surface area contributed by atoms with Gasteiger partial charge in [-0.3, -0.25) is 9.59 Å². The first-order valence-corrected chi connectivity index (χ1v) is 13.3. The van der Waals surface area contributed by atoms with Crippen LogP contribution in [0.4, 0.5) is 0 Å². The Labute approximate surface area is 213 Å². The minimum absolute atomic E-state index is 0.0250. The number of nitrogens with zero attached hydrogens (tertiary/aromatic N) is 2. The first kappa shape index (κ1) is 27.0. The van der Waals surface area contributed by atoms with E-state index in [1.807, 2.05) is 47.5 Å². The SMILES string of the molecule is CCOCCCN(CC(=O)N(CCc1ccc(OC)c(OC)c1)Cc1cccs1)C(=O)C1CCC1. The lowest BCUT2D eigenvalue weighted by molar-refractivity contribution is -0.145. The van der Waals surface area contributed by atoms with E-state index in [0.717, 1.165) is 36.1 Å². The van der Waals surface area contributed by atoms with Crippen molar-refractivity contribution in [3.63, 3.8) is 0 Å². The molecule has 0 saturated heterocycles. The fourth-order valence-electron chi connectivity index (χ4n) is 4.13. The van der Waals surface area contributed by atoms with Crippen LogP contribution in [0.25, 0.3) is 0 Å². The van der Waals surface area contributed by atoms with Crippen molar-refractivity contribution in [2.24, 2.45) is 5.92 Å². The number of hydrogen-bond acceptors (Lipinski definition) is 6. The average Bonchev–Trinajstić information content (AvgIpc) is 3.35. The second-order valence-electron chi connectivity index (χ2n) is 8.77. The third kappa shape index (κ3) is 7.97. The van der Waals surface area contributed by atoms with Crippen molar-refractivity contribution < 1.29 is 23.8 Å². The number of methoxy groups -OCH3 is 2. The molecule has 3 rings (SSSR count). The lowest BCUT2D eigenvalue weighted by atomic mass is 9.84. The van der Waals surface area contributed by atoms with Crippen molar-refractivity contribution in [2.45, 2.75) is 45.6 Å². The first-order valence-electron chi connectivity index (χ1n) is 12.4. The van der Waals surface area contributed by atoms with Crippen LogP contribution in [-0.4, -0.2) is 68.7 Å². The maximum absolute atomic E-state index is 13.5. The molecule has 1 aromatic heterocycles. The molecule has 1 heterocycles. The van der Waals surface area contributed by atoms with Gasteiger partial charge >= 0.3 is 0 Å². The zero-order valence-corrected chi connectivity index (χ0v) is 22.0. The number of hydrogen-bond donors (Lipinski definition) is 0. The predicted octanol–water partition coefficient (Wildman–Crippen LogP) is 4.39. The normalized spacial score (nSPS) is 13.2. The maximum atomic E-state index is 13.5. The van der Waals surface area contributed by atoms with Gasteiger partial charge in [-0.25, -0.2) is 0 Å². The Hall–Kier alpha value is -2.58. The molecule has 0 unspecified atom stereocenters. The van der Waals surface area contributed by atoms with Gasteiger partial charge < -0.3 is 24.0 Å². The number of carbonyl (C=O) groups excluding carboxylic acids is 2. The number of benzene rings is 1. The molecule has 1 fully saturated rings. The maximum Gasteiger partial charge on any atom is 0.242 e. The molecule has 0 spiro atoms. The van der Waals surface area contributed by atoms with Crippen molar-refractivity contribution in [3.8, 4) is 11.5 Å². The van der Waals surface area contributed by atoms with Crippen molar-refractivity contribution >= 4 is 23.2 Å². The molecule has 0 aliphatic heterocycles. The molecular formula is C27H38N2O5S. The van der Waals surface area contributed by atoms with Gasteiger partial charge in [-0.15, -0.1) is 11.3 Å². The molecule has 2 amide bonds. The van der Waals surface area contributed by atoms with E-state index in [0.29, 0.717) is 50.8 Å². The summed E-state index contributed by atoms with van der Waals surface area (Å²) in [6, 6.07) is 9.87. The third-order valence-electron chi connectivity index (χ3n) is 6.41. The van der Waals surface area contributed by atoms with E-state index in [4.69, 9.17) is 14.2 Å². The van der Waals surface area contributed by atoms with Crippen molar-refractivity contribution in [1.29, 1.82) is 0 Å². The molecule has 7 nitrogen and oxygen atoms in total. The zero-order chi connectivity index (χ0) is 25.0. The highest BCUT2D eigenvalue weighted by Crippen LogP contribution is 2.29. The van der Waals surface area contributed by atoms with Gasteiger partial charge in [0.2, 0.25) is 11.8 Å². The van der Waals surface area contributed by atoms with Crippen molar-refractivity contribution in [1.82, 2.24) is 9.80 Å². The third-order valence-corrected chi connectivity index (χ3v) is 7.27. The van der Waals surface area contributed by atoms with Gasteiger partial charge in [0.25, 0.3) is 0 Å². The Morgan fingerprint density at radius 2 is 1.86 bits per heavy atom. The van der Waals surface area contributed by atoms with Crippen LogP contribution in [0.15, 0.2) is 35.7 Å². The van der Waals surface area contributed by atoms with Gasteiger partial charge in [-0.2, -0.15) is 0 Å². The zero-order valence-electron chi connectivity index (χ0n) is 21.2. The first-order chi connectivity index (χ1) is 17.0. The van der Waals surface area contributed by atoms with E-state index in [9.17, 15) is 9.59 Å². The molecular weight excluding hydrogens is 464 g/mol. The highest BCUT2D eigenvalue weighted by atomic mass is 32.1. The van der Waals surface area contributed by atoms with Crippen LogP contribution in [0.3, 0.4) is 0 Å². The molecule has 1 aromatic carbocycles. The summed E-state index contributed by atoms with van der Waals surface area (Å²) < 4.78 is 16.2. The summed E-state index contributed by atoms with van der Waals surface area (Å²) in [6.45, 7) is 4.95.